The Bertz CT molecular complexity index is 1400. The van der Waals surface area contributed by atoms with Crippen molar-refractivity contribution >= 4 is 44.1 Å². The molecule has 3 rings (SSSR count). The van der Waals surface area contributed by atoms with Crippen molar-refractivity contribution in [2.75, 3.05) is 0 Å². The Labute approximate surface area is 253 Å². The molecule has 0 heterocycles. The molecule has 3 aromatic carbocycles. The van der Waals surface area contributed by atoms with E-state index < -0.39 is 28.2 Å². The van der Waals surface area contributed by atoms with Crippen LogP contribution in [0.1, 0.15) is 33.4 Å². The molecule has 11 heteroatoms. The third kappa shape index (κ3) is 7.27. The van der Waals surface area contributed by atoms with Gasteiger partial charge in [-0.2, -0.15) is 0 Å². The summed E-state index contributed by atoms with van der Waals surface area (Å²) in [6, 6.07) is 12.0. The van der Waals surface area contributed by atoms with E-state index in [9.17, 15) is 25.9 Å². The van der Waals surface area contributed by atoms with Crippen molar-refractivity contribution < 1.29 is 85.1 Å². The first kappa shape index (κ1) is 32.9. The quantitative estimate of drug-likeness (QED) is 0.192. The van der Waals surface area contributed by atoms with Crippen LogP contribution in [-0.4, -0.2) is 25.9 Å². The predicted molar refractivity (Wildman–Crippen MR) is 129 cm³/mol. The first-order chi connectivity index (χ1) is 15.1. The van der Waals surface area contributed by atoms with Gasteiger partial charge in [-0.05, 0) is 105 Å². The Morgan fingerprint density at radius 3 is 1.26 bits per heavy atom. The molecule has 0 spiro atoms. The molecule has 0 aromatic heterocycles. The van der Waals surface area contributed by atoms with E-state index in [2.05, 4.69) is 0 Å². The van der Waals surface area contributed by atoms with Gasteiger partial charge in [0.05, 0.1) is 9.79 Å². The van der Waals surface area contributed by atoms with Crippen molar-refractivity contribution in [1.29, 1.82) is 0 Å². The molecule has 35 heavy (non-hydrogen) atoms. The van der Waals surface area contributed by atoms with Gasteiger partial charge in [0.15, 0.2) is 0 Å². The molecule has 176 valence electrons. The summed E-state index contributed by atoms with van der Waals surface area (Å²) in [4.78, 5) is -0.608. The Morgan fingerprint density at radius 2 is 0.914 bits per heavy atom. The van der Waals surface area contributed by atoms with Gasteiger partial charge in [-0.25, -0.2) is 16.8 Å². The van der Waals surface area contributed by atoms with Gasteiger partial charge in [0.2, 0.25) is 0 Å². The van der Waals surface area contributed by atoms with Crippen LogP contribution < -0.4 is 75.0 Å². The minimum absolute atomic E-state index is 0. The number of aryl methyl sites for hydroxylation is 6. The second-order valence-corrected chi connectivity index (χ2v) is 13.2. The summed E-state index contributed by atoms with van der Waals surface area (Å²) >= 11 is 0. The molecule has 0 aliphatic carbocycles. The zero-order valence-electron chi connectivity index (χ0n) is 21.3. The van der Waals surface area contributed by atoms with E-state index in [0.717, 1.165) is 27.6 Å². The summed E-state index contributed by atoms with van der Waals surface area (Å²) in [5.74, 6) is 0. The van der Waals surface area contributed by atoms with E-state index in [0.29, 0.717) is 21.7 Å². The summed E-state index contributed by atoms with van der Waals surface area (Å²) in [5, 5.41) is 2.13. The van der Waals surface area contributed by atoms with E-state index in [-0.39, 0.29) is 68.9 Å². The van der Waals surface area contributed by atoms with Crippen molar-refractivity contribution in [3.05, 3.63) is 75.8 Å². The van der Waals surface area contributed by atoms with E-state index >= 15 is 0 Å². The zero-order valence-corrected chi connectivity index (χ0v) is 27.8. The van der Waals surface area contributed by atoms with Crippen molar-refractivity contribution in [2.24, 2.45) is 0 Å². The Kier molecular flexibility index (Phi) is 11.5. The molecular weight excluding hydrogens is 525 g/mol. The van der Waals surface area contributed by atoms with E-state index in [1.807, 2.05) is 45.9 Å². The fourth-order valence-corrected chi connectivity index (χ4v) is 8.49. The van der Waals surface area contributed by atoms with Crippen LogP contribution in [0.15, 0.2) is 52.3 Å². The molecule has 0 atom stereocenters. The average Bonchev–Trinajstić information content (AvgIpc) is 2.64. The molecule has 0 saturated carbocycles. The van der Waals surface area contributed by atoms with Crippen LogP contribution in [0.25, 0.3) is 0 Å². The number of hydrogen-bond donors (Lipinski definition) is 0. The van der Waals surface area contributed by atoms with Gasteiger partial charge < -0.3 is 9.11 Å². The number of benzene rings is 3. The van der Waals surface area contributed by atoms with E-state index in [1.165, 1.54) is 12.1 Å². The van der Waals surface area contributed by atoms with Crippen molar-refractivity contribution in [3.63, 3.8) is 0 Å². The fourth-order valence-electron chi connectivity index (χ4n) is 4.11. The van der Waals surface area contributed by atoms with Crippen LogP contribution in [0.5, 0.6) is 0 Å². The molecule has 6 nitrogen and oxygen atoms in total. The summed E-state index contributed by atoms with van der Waals surface area (Å²) in [5.41, 5.74) is 4.24. The molecule has 0 N–H and O–H groups in total. The molecule has 3 aromatic rings. The average molecular weight is 551 g/mol. The largest absolute Gasteiger partial charge is 1.00 e. The monoisotopic (exact) mass is 550 g/mol. The number of rotatable bonds is 5. The maximum absolute atomic E-state index is 12.0. The summed E-state index contributed by atoms with van der Waals surface area (Å²) in [6.07, 6.45) is 0. The standard InChI is InChI=1S/C24H27O6PS2.2Na/c1-14-7-8-20(15(2)9-14)31(21-12-23(32(25,26)27)18(5)10-16(21)3)22-13-24(33(28,29)30)19(6)11-17(22)4;;/h7-13H,1-6H3,(H,25,26,27)(H,28,29,30);;/q;2*+1/p-2. The van der Waals surface area contributed by atoms with Gasteiger partial charge in [0, 0.05) is 0 Å². The minimum atomic E-state index is -4.72. The molecule has 0 aliphatic rings. The first-order valence-electron chi connectivity index (χ1n) is 10.1. The molecule has 0 radical (unpaired) electrons. The summed E-state index contributed by atoms with van der Waals surface area (Å²) in [7, 11) is -10.9. The molecule has 0 saturated heterocycles. The Balaban J connectivity index is 0.00000306. The molecule has 0 amide bonds. The number of hydrogen-bond acceptors (Lipinski definition) is 6. The Morgan fingerprint density at radius 1 is 0.543 bits per heavy atom. The topological polar surface area (TPSA) is 114 Å². The van der Waals surface area contributed by atoms with Gasteiger partial charge in [-0.1, -0.05) is 35.9 Å². The van der Waals surface area contributed by atoms with Crippen molar-refractivity contribution in [2.45, 2.75) is 51.3 Å². The van der Waals surface area contributed by atoms with E-state index in [1.54, 1.807) is 26.0 Å². The van der Waals surface area contributed by atoms with Crippen molar-refractivity contribution in [1.82, 2.24) is 0 Å². The molecule has 0 fully saturated rings. The smallest absolute Gasteiger partial charge is 0.744 e. The summed E-state index contributed by atoms with van der Waals surface area (Å²) < 4.78 is 71.7. The molecule has 0 bridgehead atoms. The van der Waals surface area contributed by atoms with Gasteiger partial charge in [-0.3, -0.25) is 0 Å². The fraction of sp³-hybridized carbons (Fsp3) is 0.250. The molecular formula is C24H25Na2O6PS2. The van der Waals surface area contributed by atoms with Gasteiger partial charge >= 0.3 is 59.1 Å². The SMILES string of the molecule is Cc1ccc(P(c2cc(S(=O)(=O)[O-])c(C)cc2C)c2cc(S(=O)(=O)[O-])c(C)cc2C)c(C)c1.[Na+].[Na+]. The van der Waals surface area contributed by atoms with E-state index in [4.69, 9.17) is 0 Å². The second kappa shape index (κ2) is 12.2. The predicted octanol–water partition coefficient (Wildman–Crippen LogP) is -2.89. The zero-order chi connectivity index (χ0) is 24.9. The molecule has 0 aliphatic heterocycles. The van der Waals surface area contributed by atoms with Gasteiger partial charge in [0.1, 0.15) is 20.2 Å². The Hall–Kier alpha value is -0.0900. The van der Waals surface area contributed by atoms with Crippen LogP contribution in [0, 0.1) is 41.5 Å². The van der Waals surface area contributed by atoms with Crippen LogP contribution in [0.4, 0.5) is 0 Å². The van der Waals surface area contributed by atoms with Crippen LogP contribution in [0.2, 0.25) is 0 Å². The van der Waals surface area contributed by atoms with Gasteiger partial charge in [0.25, 0.3) is 0 Å². The third-order valence-corrected chi connectivity index (χ3v) is 10.5. The maximum atomic E-state index is 12.0. The van der Waals surface area contributed by atoms with Crippen LogP contribution in [0.3, 0.4) is 0 Å². The normalized spacial score (nSPS) is 11.7. The third-order valence-electron chi connectivity index (χ3n) is 5.60. The van der Waals surface area contributed by atoms with Crippen LogP contribution in [-0.2, 0) is 20.2 Å². The first-order valence-corrected chi connectivity index (χ1v) is 14.3. The van der Waals surface area contributed by atoms with Gasteiger partial charge in [-0.15, -0.1) is 0 Å². The van der Waals surface area contributed by atoms with Crippen LogP contribution >= 0.6 is 7.92 Å². The second-order valence-electron chi connectivity index (χ2n) is 8.34. The minimum Gasteiger partial charge on any atom is -0.744 e. The molecule has 0 unspecified atom stereocenters. The maximum Gasteiger partial charge on any atom is 1.00 e. The summed E-state index contributed by atoms with van der Waals surface area (Å²) in [6.45, 7) is 10.7. The van der Waals surface area contributed by atoms with Crippen molar-refractivity contribution in [3.8, 4) is 0 Å².